The summed E-state index contributed by atoms with van der Waals surface area (Å²) in [5.41, 5.74) is 4.85. The van der Waals surface area contributed by atoms with Crippen LogP contribution >= 0.6 is 0 Å². The number of halogens is 1. The monoisotopic (exact) mass is 450 g/mol. The first kappa shape index (κ1) is 21.6. The van der Waals surface area contributed by atoms with Crippen LogP contribution in [0.3, 0.4) is 0 Å². The van der Waals surface area contributed by atoms with Gasteiger partial charge in [0.2, 0.25) is 0 Å². The molecule has 4 aromatic rings. The molecule has 2 atom stereocenters. The largest absolute Gasteiger partial charge is 0.479 e. The minimum atomic E-state index is -1.18. The second kappa shape index (κ2) is 7.66. The van der Waals surface area contributed by atoms with Gasteiger partial charge in [0.15, 0.2) is 11.2 Å². The van der Waals surface area contributed by atoms with Crippen molar-refractivity contribution >= 4 is 28.0 Å². The molecule has 1 aliphatic heterocycles. The van der Waals surface area contributed by atoms with Crippen molar-refractivity contribution in [3.63, 3.8) is 0 Å². The first-order chi connectivity index (χ1) is 15.7. The van der Waals surface area contributed by atoms with Gasteiger partial charge in [-0.3, -0.25) is 5.10 Å². The lowest BCUT2D eigenvalue weighted by molar-refractivity contribution is -0.170. The van der Waals surface area contributed by atoms with Gasteiger partial charge in [-0.2, -0.15) is 5.10 Å². The zero-order valence-corrected chi connectivity index (χ0v) is 19.1. The molecule has 1 fully saturated rings. The van der Waals surface area contributed by atoms with Crippen LogP contribution < -0.4 is 0 Å². The van der Waals surface area contributed by atoms with Gasteiger partial charge in [-0.15, -0.1) is 0 Å². The average molecular weight is 451 g/mol. The number of benzene rings is 1. The molecule has 1 aliphatic rings. The topological polar surface area (TPSA) is 93.0 Å². The fraction of sp³-hybridized carbons (Fsp3) is 0.400. The molecular formula is C25H27FN4O3. The van der Waals surface area contributed by atoms with E-state index in [0.717, 1.165) is 33.4 Å². The Balaban J connectivity index is 1.77. The second-order valence-electron chi connectivity index (χ2n) is 9.47. The molecule has 0 bridgehead atoms. The van der Waals surface area contributed by atoms with Crippen molar-refractivity contribution in [1.82, 2.24) is 19.7 Å². The molecule has 1 saturated heterocycles. The molecule has 1 aromatic carbocycles. The lowest BCUT2D eigenvalue weighted by Crippen LogP contribution is -2.43. The molecular weight excluding hydrogens is 423 g/mol. The Bertz CT molecular complexity index is 1380. The first-order valence-corrected chi connectivity index (χ1v) is 11.2. The van der Waals surface area contributed by atoms with E-state index < -0.39 is 11.6 Å². The maximum Gasteiger partial charge on any atom is 0.335 e. The molecule has 0 unspecified atom stereocenters. The summed E-state index contributed by atoms with van der Waals surface area (Å²) in [6, 6.07) is 7.19. The predicted molar refractivity (Wildman–Crippen MR) is 123 cm³/mol. The molecule has 4 heterocycles. The number of carboxylic acid groups (broad SMARTS) is 1. The summed E-state index contributed by atoms with van der Waals surface area (Å²) in [4.78, 5) is 16.6. The molecule has 0 saturated carbocycles. The molecule has 8 heteroatoms. The van der Waals surface area contributed by atoms with Gasteiger partial charge in [0.25, 0.3) is 0 Å². The molecule has 0 spiro atoms. The molecule has 0 aliphatic carbocycles. The Morgan fingerprint density at radius 3 is 2.79 bits per heavy atom. The molecule has 2 N–H and O–H groups in total. The Labute approximate surface area is 190 Å². The van der Waals surface area contributed by atoms with Crippen LogP contribution in [0, 0.1) is 12.7 Å². The molecule has 7 nitrogen and oxygen atoms in total. The van der Waals surface area contributed by atoms with Crippen molar-refractivity contribution in [1.29, 1.82) is 0 Å². The van der Waals surface area contributed by atoms with Gasteiger partial charge in [-0.25, -0.2) is 14.2 Å². The summed E-state index contributed by atoms with van der Waals surface area (Å²) in [5.74, 6) is -1.05. The summed E-state index contributed by atoms with van der Waals surface area (Å²) in [5, 5.41) is 17.6. The molecule has 3 aromatic heterocycles. The van der Waals surface area contributed by atoms with Crippen LogP contribution in [-0.2, 0) is 9.53 Å². The number of carbonyl (C=O) groups is 1. The summed E-state index contributed by atoms with van der Waals surface area (Å²) < 4.78 is 22.1. The number of rotatable bonds is 4. The van der Waals surface area contributed by atoms with E-state index in [1.807, 2.05) is 6.07 Å². The van der Waals surface area contributed by atoms with Crippen LogP contribution in [0.4, 0.5) is 4.39 Å². The average Bonchev–Trinajstić information content (AvgIpc) is 3.36. The lowest BCUT2D eigenvalue weighted by atomic mass is 9.84. The minimum absolute atomic E-state index is 0.00649. The number of nitrogens with one attached hydrogen (secondary N) is 1. The van der Waals surface area contributed by atoms with Gasteiger partial charge < -0.3 is 14.4 Å². The first-order valence-electron chi connectivity index (χ1n) is 11.2. The molecule has 5 rings (SSSR count). The molecule has 33 heavy (non-hydrogen) atoms. The standard InChI is InChI=1S/C25H27FN4O3/c1-13(2)22-20(15-7-8-25(4,24(31)32)33-12-15)21-19(10-16-11-27-29-23(16)28-21)30(22)17-5-6-18(26)14(3)9-17/h5-6,9-11,13,15H,7-8,12H2,1-4H3,(H,31,32)(H,27,28,29)/t15-,25+/m1/s1. The van der Waals surface area contributed by atoms with E-state index in [-0.39, 0.29) is 17.7 Å². The van der Waals surface area contributed by atoms with Crippen LogP contribution in [0.25, 0.3) is 27.8 Å². The highest BCUT2D eigenvalue weighted by molar-refractivity contribution is 5.93. The predicted octanol–water partition coefficient (Wildman–Crippen LogP) is 5.21. The van der Waals surface area contributed by atoms with Crippen LogP contribution in [0.2, 0.25) is 0 Å². The van der Waals surface area contributed by atoms with Gasteiger partial charge in [-0.05, 0) is 62.4 Å². The Morgan fingerprint density at radius 1 is 1.36 bits per heavy atom. The summed E-state index contributed by atoms with van der Waals surface area (Å²) >= 11 is 0. The van der Waals surface area contributed by atoms with Crippen molar-refractivity contribution in [3.05, 3.63) is 53.1 Å². The van der Waals surface area contributed by atoms with Crippen molar-refractivity contribution < 1.29 is 19.0 Å². The van der Waals surface area contributed by atoms with Gasteiger partial charge in [0, 0.05) is 28.2 Å². The molecule has 0 amide bonds. The number of ether oxygens (including phenoxy) is 1. The number of fused-ring (bicyclic) bond motifs is 2. The number of H-pyrrole nitrogens is 1. The van der Waals surface area contributed by atoms with Gasteiger partial charge in [0.1, 0.15) is 5.82 Å². The van der Waals surface area contributed by atoms with Gasteiger partial charge >= 0.3 is 5.97 Å². The van der Waals surface area contributed by atoms with E-state index in [1.165, 1.54) is 6.07 Å². The number of nitrogens with zero attached hydrogens (tertiary/aromatic N) is 3. The van der Waals surface area contributed by atoms with E-state index in [1.54, 1.807) is 26.1 Å². The number of hydrogen-bond acceptors (Lipinski definition) is 4. The normalized spacial score (nSPS) is 21.3. The number of pyridine rings is 1. The van der Waals surface area contributed by atoms with Crippen molar-refractivity contribution in [2.75, 3.05) is 6.61 Å². The van der Waals surface area contributed by atoms with E-state index >= 15 is 0 Å². The SMILES string of the molecule is Cc1cc(-n2c(C(C)C)c([C@@H]3CC[C@@](C)(C(=O)O)OC3)c3nc4[nH]ncc4cc32)ccc1F. The van der Waals surface area contributed by atoms with Crippen LogP contribution in [0.1, 0.15) is 62.3 Å². The maximum atomic E-state index is 14.1. The molecule has 172 valence electrons. The Hall–Kier alpha value is -3.26. The summed E-state index contributed by atoms with van der Waals surface area (Å²) in [6.45, 7) is 7.94. The second-order valence-corrected chi connectivity index (χ2v) is 9.47. The highest BCUT2D eigenvalue weighted by Gasteiger charge is 2.41. The number of carboxylic acids is 1. The number of aliphatic carboxylic acids is 1. The van der Waals surface area contributed by atoms with Crippen LogP contribution in [0.15, 0.2) is 30.5 Å². The van der Waals surface area contributed by atoms with Gasteiger partial charge in [-0.1, -0.05) is 13.8 Å². The van der Waals surface area contributed by atoms with Crippen molar-refractivity contribution in [2.45, 2.75) is 58.0 Å². The highest BCUT2D eigenvalue weighted by Crippen LogP contribution is 2.43. The zero-order valence-electron chi connectivity index (χ0n) is 19.1. The maximum absolute atomic E-state index is 14.1. The highest BCUT2D eigenvalue weighted by atomic mass is 19.1. The molecule has 0 radical (unpaired) electrons. The van der Waals surface area contributed by atoms with Crippen LogP contribution in [-0.4, -0.2) is 43.0 Å². The van der Waals surface area contributed by atoms with Crippen molar-refractivity contribution in [3.8, 4) is 5.69 Å². The zero-order chi connectivity index (χ0) is 23.5. The fourth-order valence-corrected chi connectivity index (χ4v) is 4.91. The quantitative estimate of drug-likeness (QED) is 0.445. The Kier molecular flexibility index (Phi) is 5.01. The third-order valence-electron chi connectivity index (χ3n) is 6.80. The van der Waals surface area contributed by atoms with E-state index in [4.69, 9.17) is 9.72 Å². The van der Waals surface area contributed by atoms with E-state index in [2.05, 4.69) is 34.7 Å². The Morgan fingerprint density at radius 2 is 2.15 bits per heavy atom. The number of hydrogen-bond donors (Lipinski definition) is 2. The minimum Gasteiger partial charge on any atom is -0.479 e. The summed E-state index contributed by atoms with van der Waals surface area (Å²) in [7, 11) is 0. The van der Waals surface area contributed by atoms with E-state index in [9.17, 15) is 14.3 Å². The van der Waals surface area contributed by atoms with E-state index in [0.29, 0.717) is 30.7 Å². The number of aromatic amines is 1. The summed E-state index contributed by atoms with van der Waals surface area (Å²) in [6.07, 6.45) is 2.83. The number of aryl methyl sites for hydroxylation is 1. The smallest absolute Gasteiger partial charge is 0.335 e. The van der Waals surface area contributed by atoms with Crippen molar-refractivity contribution in [2.24, 2.45) is 0 Å². The third-order valence-corrected chi connectivity index (χ3v) is 6.80. The lowest BCUT2D eigenvalue weighted by Gasteiger charge is -2.35. The van der Waals surface area contributed by atoms with Crippen LogP contribution in [0.5, 0.6) is 0 Å². The number of aromatic nitrogens is 4. The third kappa shape index (κ3) is 3.40. The fourth-order valence-electron chi connectivity index (χ4n) is 4.91. The van der Waals surface area contributed by atoms with Gasteiger partial charge in [0.05, 0.1) is 23.8 Å².